The van der Waals surface area contributed by atoms with Crippen molar-refractivity contribution in [2.24, 2.45) is 5.92 Å². The van der Waals surface area contributed by atoms with Gasteiger partial charge in [-0.15, -0.1) is 0 Å². The number of hydrogen-bond donors (Lipinski definition) is 2. The van der Waals surface area contributed by atoms with Crippen LogP contribution in [0, 0.1) is 5.92 Å². The fourth-order valence-corrected chi connectivity index (χ4v) is 2.79. The molecule has 2 N–H and O–H groups in total. The maximum Gasteiger partial charge on any atom is 0.335 e. The monoisotopic (exact) mass is 271 g/mol. The number of carbonyl (C=O) groups is 1. The average molecular weight is 271 g/mol. The molecule has 1 aliphatic rings. The van der Waals surface area contributed by atoms with Crippen LogP contribution in [-0.4, -0.2) is 27.6 Å². The number of rotatable bonds is 4. The molecule has 5 nitrogen and oxygen atoms in total. The van der Waals surface area contributed by atoms with Gasteiger partial charge >= 0.3 is 5.97 Å². The minimum absolute atomic E-state index is 0.248. The maximum absolute atomic E-state index is 11.0. The first-order valence-corrected chi connectivity index (χ1v) is 6.96. The summed E-state index contributed by atoms with van der Waals surface area (Å²) in [5, 5.41) is 13.3. The molecule has 1 aliphatic carbocycles. The van der Waals surface area contributed by atoms with Crippen LogP contribution in [0.3, 0.4) is 0 Å². The van der Waals surface area contributed by atoms with E-state index in [0.717, 1.165) is 23.7 Å². The standard InChI is InChI=1S/C15H17N3O2/c19-15(20)11-5-6-12-13(7-11)17-9-18-14(12)16-8-10-3-1-2-4-10/h5-7,9-10H,1-4,8H2,(H,19,20)(H,16,17,18). The van der Waals surface area contributed by atoms with Gasteiger partial charge in [-0.25, -0.2) is 14.8 Å². The van der Waals surface area contributed by atoms with Gasteiger partial charge in [-0.3, -0.25) is 0 Å². The number of aromatic nitrogens is 2. The first-order chi connectivity index (χ1) is 9.74. The zero-order chi connectivity index (χ0) is 13.9. The van der Waals surface area contributed by atoms with Gasteiger partial charge in [0.2, 0.25) is 0 Å². The van der Waals surface area contributed by atoms with Crippen molar-refractivity contribution in [3.05, 3.63) is 30.1 Å². The third-order valence-electron chi connectivity index (χ3n) is 3.92. The van der Waals surface area contributed by atoms with Crippen LogP contribution < -0.4 is 5.32 Å². The van der Waals surface area contributed by atoms with Gasteiger partial charge in [0.1, 0.15) is 12.1 Å². The van der Waals surface area contributed by atoms with E-state index in [1.807, 2.05) is 0 Å². The van der Waals surface area contributed by atoms with Crippen molar-refractivity contribution in [3.63, 3.8) is 0 Å². The second-order valence-electron chi connectivity index (χ2n) is 5.29. The predicted molar refractivity (Wildman–Crippen MR) is 76.9 cm³/mol. The number of benzene rings is 1. The van der Waals surface area contributed by atoms with E-state index in [4.69, 9.17) is 5.11 Å². The highest BCUT2D eigenvalue weighted by atomic mass is 16.4. The van der Waals surface area contributed by atoms with Crippen molar-refractivity contribution in [1.29, 1.82) is 0 Å². The second kappa shape index (κ2) is 5.45. The van der Waals surface area contributed by atoms with Gasteiger partial charge in [-0.2, -0.15) is 0 Å². The Kier molecular flexibility index (Phi) is 3.50. The molecule has 5 heteroatoms. The Morgan fingerprint density at radius 3 is 2.85 bits per heavy atom. The molecule has 0 bridgehead atoms. The van der Waals surface area contributed by atoms with Gasteiger partial charge in [-0.1, -0.05) is 12.8 Å². The normalized spacial score (nSPS) is 15.6. The van der Waals surface area contributed by atoms with Crippen LogP contribution in [0.4, 0.5) is 5.82 Å². The lowest BCUT2D eigenvalue weighted by Crippen LogP contribution is -2.12. The van der Waals surface area contributed by atoms with Crippen LogP contribution in [0.5, 0.6) is 0 Å². The molecule has 104 valence electrons. The Bertz CT molecular complexity index is 636. The van der Waals surface area contributed by atoms with Crippen LogP contribution in [-0.2, 0) is 0 Å². The number of aromatic carboxylic acids is 1. The summed E-state index contributed by atoms with van der Waals surface area (Å²) in [4.78, 5) is 19.4. The highest BCUT2D eigenvalue weighted by molar-refractivity contribution is 5.96. The minimum atomic E-state index is -0.939. The van der Waals surface area contributed by atoms with E-state index in [0.29, 0.717) is 5.52 Å². The second-order valence-corrected chi connectivity index (χ2v) is 5.29. The molecule has 1 fully saturated rings. The van der Waals surface area contributed by atoms with E-state index >= 15 is 0 Å². The van der Waals surface area contributed by atoms with Crippen molar-refractivity contribution in [3.8, 4) is 0 Å². The van der Waals surface area contributed by atoms with Crippen LogP contribution in [0.25, 0.3) is 10.9 Å². The van der Waals surface area contributed by atoms with Crippen molar-refractivity contribution in [2.75, 3.05) is 11.9 Å². The van der Waals surface area contributed by atoms with Crippen LogP contribution in [0.2, 0.25) is 0 Å². The smallest absolute Gasteiger partial charge is 0.335 e. The molecular formula is C15H17N3O2. The molecule has 20 heavy (non-hydrogen) atoms. The molecule has 0 spiro atoms. The lowest BCUT2D eigenvalue weighted by Gasteiger charge is -2.12. The molecule has 1 heterocycles. The lowest BCUT2D eigenvalue weighted by atomic mass is 10.1. The van der Waals surface area contributed by atoms with Gasteiger partial charge < -0.3 is 10.4 Å². The van der Waals surface area contributed by atoms with E-state index < -0.39 is 5.97 Å². The number of fused-ring (bicyclic) bond motifs is 1. The van der Waals surface area contributed by atoms with Crippen molar-refractivity contribution >= 4 is 22.7 Å². The van der Waals surface area contributed by atoms with Gasteiger partial charge in [0.05, 0.1) is 11.1 Å². The number of nitrogens with zero attached hydrogens (tertiary/aromatic N) is 2. The Morgan fingerprint density at radius 1 is 1.30 bits per heavy atom. The maximum atomic E-state index is 11.0. The van der Waals surface area contributed by atoms with E-state index in [1.165, 1.54) is 32.0 Å². The Hall–Kier alpha value is -2.17. The Morgan fingerprint density at radius 2 is 2.10 bits per heavy atom. The average Bonchev–Trinajstić information content (AvgIpc) is 2.97. The zero-order valence-electron chi connectivity index (χ0n) is 11.2. The third kappa shape index (κ3) is 2.57. The van der Waals surface area contributed by atoms with Crippen LogP contribution in [0.1, 0.15) is 36.0 Å². The largest absolute Gasteiger partial charge is 0.478 e. The molecule has 1 aromatic heterocycles. The summed E-state index contributed by atoms with van der Waals surface area (Å²) in [7, 11) is 0. The molecule has 0 unspecified atom stereocenters. The van der Waals surface area contributed by atoms with Gasteiger partial charge in [0, 0.05) is 11.9 Å². The minimum Gasteiger partial charge on any atom is -0.478 e. The topological polar surface area (TPSA) is 75.1 Å². The Labute approximate surface area is 117 Å². The van der Waals surface area contributed by atoms with Crippen LogP contribution in [0.15, 0.2) is 24.5 Å². The molecule has 0 saturated heterocycles. The molecule has 0 radical (unpaired) electrons. The highest BCUT2D eigenvalue weighted by Crippen LogP contribution is 2.26. The quantitative estimate of drug-likeness (QED) is 0.894. The van der Waals surface area contributed by atoms with Gasteiger partial charge in [-0.05, 0) is 37.0 Å². The molecule has 0 aliphatic heterocycles. The number of hydrogen-bond acceptors (Lipinski definition) is 4. The van der Waals surface area contributed by atoms with Crippen molar-refractivity contribution < 1.29 is 9.90 Å². The van der Waals surface area contributed by atoms with Gasteiger partial charge in [0.15, 0.2) is 0 Å². The van der Waals surface area contributed by atoms with Crippen LogP contribution >= 0.6 is 0 Å². The van der Waals surface area contributed by atoms with E-state index in [1.54, 1.807) is 18.2 Å². The molecule has 2 aromatic rings. The fourth-order valence-electron chi connectivity index (χ4n) is 2.79. The summed E-state index contributed by atoms with van der Waals surface area (Å²) in [6.07, 6.45) is 6.67. The number of carboxylic acid groups (broad SMARTS) is 1. The first-order valence-electron chi connectivity index (χ1n) is 6.96. The Balaban J connectivity index is 1.85. The molecule has 0 amide bonds. The van der Waals surface area contributed by atoms with E-state index in [2.05, 4.69) is 15.3 Å². The number of carboxylic acids is 1. The molecule has 1 saturated carbocycles. The number of anilines is 1. The molecule has 3 rings (SSSR count). The number of nitrogens with one attached hydrogen (secondary N) is 1. The first kappa shape index (κ1) is 12.8. The van der Waals surface area contributed by atoms with Gasteiger partial charge in [0.25, 0.3) is 0 Å². The predicted octanol–water partition coefficient (Wildman–Crippen LogP) is 2.93. The zero-order valence-corrected chi connectivity index (χ0v) is 11.2. The van der Waals surface area contributed by atoms with E-state index in [-0.39, 0.29) is 5.56 Å². The van der Waals surface area contributed by atoms with E-state index in [9.17, 15) is 4.79 Å². The summed E-state index contributed by atoms with van der Waals surface area (Å²) < 4.78 is 0. The molecule has 1 aromatic carbocycles. The SMILES string of the molecule is O=C(O)c1ccc2c(NCC3CCCC3)ncnc2c1. The summed E-state index contributed by atoms with van der Waals surface area (Å²) in [6.45, 7) is 0.923. The summed E-state index contributed by atoms with van der Waals surface area (Å²) >= 11 is 0. The third-order valence-corrected chi connectivity index (χ3v) is 3.92. The summed E-state index contributed by atoms with van der Waals surface area (Å²) in [6, 6.07) is 4.95. The summed E-state index contributed by atoms with van der Waals surface area (Å²) in [5.74, 6) is 0.572. The molecule has 0 atom stereocenters. The summed E-state index contributed by atoms with van der Waals surface area (Å²) in [5.41, 5.74) is 0.909. The van der Waals surface area contributed by atoms with Crippen molar-refractivity contribution in [1.82, 2.24) is 9.97 Å². The molecular weight excluding hydrogens is 254 g/mol. The van der Waals surface area contributed by atoms with Crippen molar-refractivity contribution in [2.45, 2.75) is 25.7 Å². The lowest BCUT2D eigenvalue weighted by molar-refractivity contribution is 0.0697. The highest BCUT2D eigenvalue weighted by Gasteiger charge is 2.15. The fraction of sp³-hybridized carbons (Fsp3) is 0.400.